The summed E-state index contributed by atoms with van der Waals surface area (Å²) in [5, 5.41) is 3.52. The summed E-state index contributed by atoms with van der Waals surface area (Å²) >= 11 is 0. The zero-order valence-corrected chi connectivity index (χ0v) is 14.7. The van der Waals surface area contributed by atoms with E-state index < -0.39 is 0 Å². The van der Waals surface area contributed by atoms with Crippen molar-refractivity contribution in [1.82, 2.24) is 10.2 Å². The molecule has 1 aromatic carbocycles. The second-order valence-electron chi connectivity index (χ2n) is 6.72. The Hall–Kier alpha value is -2.04. The molecule has 0 amide bonds. The number of rotatable bonds is 5. The number of carbonyl (C=O) groups excluding carboxylic acids is 1. The van der Waals surface area contributed by atoms with Crippen LogP contribution in [0, 0.1) is 11.8 Å². The van der Waals surface area contributed by atoms with E-state index in [-0.39, 0.29) is 24.0 Å². The Morgan fingerprint density at radius 2 is 2.04 bits per heavy atom. The molecule has 1 aliphatic carbocycles. The van der Waals surface area contributed by atoms with Crippen LogP contribution in [-0.2, 0) is 9.53 Å². The van der Waals surface area contributed by atoms with Gasteiger partial charge in [0, 0.05) is 19.1 Å². The van der Waals surface area contributed by atoms with Crippen LogP contribution < -0.4 is 5.32 Å². The number of ether oxygens (including phenoxy) is 1. The number of nitrogens with one attached hydrogen (secondary N) is 1. The standard InChI is InChI=1S/C19H27N3O2/c1-4-22-13(2)16(18(23)24-3)17(15-8-6-5-7-9-15)21-19(22)20-12-14-10-11-14/h5-9,13-14,16-17H,4,10-12H2,1-3H3,(H,20,21). The van der Waals surface area contributed by atoms with Crippen LogP contribution in [0.3, 0.4) is 0 Å². The number of esters is 1. The quantitative estimate of drug-likeness (QED) is 0.844. The lowest BCUT2D eigenvalue weighted by molar-refractivity contribution is -0.149. The number of carbonyl (C=O) groups is 1. The minimum absolute atomic E-state index is 0.0341. The van der Waals surface area contributed by atoms with Gasteiger partial charge in [0.15, 0.2) is 5.96 Å². The normalized spacial score (nSPS) is 28.5. The van der Waals surface area contributed by atoms with E-state index in [0.717, 1.165) is 30.5 Å². The predicted molar refractivity (Wildman–Crippen MR) is 94.7 cm³/mol. The number of benzene rings is 1. The van der Waals surface area contributed by atoms with E-state index in [2.05, 4.69) is 36.2 Å². The van der Waals surface area contributed by atoms with Gasteiger partial charge in [-0.25, -0.2) is 0 Å². The Bertz CT molecular complexity index is 598. The smallest absolute Gasteiger partial charge is 0.313 e. The van der Waals surface area contributed by atoms with Gasteiger partial charge >= 0.3 is 5.97 Å². The third kappa shape index (κ3) is 3.40. The van der Waals surface area contributed by atoms with Crippen molar-refractivity contribution in [2.24, 2.45) is 16.8 Å². The predicted octanol–water partition coefficient (Wildman–Crippen LogP) is 2.60. The summed E-state index contributed by atoms with van der Waals surface area (Å²) in [6.07, 6.45) is 2.57. The van der Waals surface area contributed by atoms with Gasteiger partial charge in [0.2, 0.25) is 0 Å². The van der Waals surface area contributed by atoms with Gasteiger partial charge in [0.05, 0.1) is 13.2 Å². The Balaban J connectivity index is 1.93. The van der Waals surface area contributed by atoms with Gasteiger partial charge in [-0.05, 0) is 38.2 Å². The molecule has 2 aliphatic rings. The van der Waals surface area contributed by atoms with Gasteiger partial charge in [0.1, 0.15) is 5.92 Å². The molecular weight excluding hydrogens is 302 g/mol. The molecule has 24 heavy (non-hydrogen) atoms. The zero-order chi connectivity index (χ0) is 17.1. The number of nitrogens with zero attached hydrogens (tertiary/aromatic N) is 2. The maximum Gasteiger partial charge on any atom is 0.313 e. The van der Waals surface area contributed by atoms with Crippen LogP contribution in [0.25, 0.3) is 0 Å². The van der Waals surface area contributed by atoms with Crippen LogP contribution in [0.2, 0.25) is 0 Å². The summed E-state index contributed by atoms with van der Waals surface area (Å²) in [5.74, 6) is 1.20. The summed E-state index contributed by atoms with van der Waals surface area (Å²) in [5.41, 5.74) is 1.09. The van der Waals surface area contributed by atoms with Crippen molar-refractivity contribution in [2.45, 2.75) is 38.8 Å². The number of aliphatic imine (C=N–C) groups is 1. The van der Waals surface area contributed by atoms with Crippen LogP contribution in [0.1, 0.15) is 38.3 Å². The van der Waals surface area contributed by atoms with E-state index >= 15 is 0 Å². The fraction of sp³-hybridized carbons (Fsp3) is 0.579. The topological polar surface area (TPSA) is 53.9 Å². The van der Waals surface area contributed by atoms with E-state index in [1.165, 1.54) is 20.0 Å². The summed E-state index contributed by atoms with van der Waals surface area (Å²) in [6, 6.07) is 10.0. The molecule has 0 aromatic heterocycles. The highest BCUT2D eigenvalue weighted by atomic mass is 16.5. The molecule has 130 valence electrons. The van der Waals surface area contributed by atoms with Crippen molar-refractivity contribution in [2.75, 3.05) is 20.2 Å². The number of hydrogen-bond donors (Lipinski definition) is 1. The fourth-order valence-electron chi connectivity index (χ4n) is 3.49. The summed E-state index contributed by atoms with van der Waals surface area (Å²) in [6.45, 7) is 5.87. The number of hydrogen-bond acceptors (Lipinski definition) is 3. The third-order valence-electron chi connectivity index (χ3n) is 5.10. The first kappa shape index (κ1) is 16.8. The average Bonchev–Trinajstić information content (AvgIpc) is 3.44. The maximum absolute atomic E-state index is 12.5. The van der Waals surface area contributed by atoms with Crippen molar-refractivity contribution in [3.05, 3.63) is 35.9 Å². The lowest BCUT2D eigenvalue weighted by Gasteiger charge is -2.45. The van der Waals surface area contributed by atoms with Crippen LogP contribution in [-0.4, -0.2) is 43.1 Å². The van der Waals surface area contributed by atoms with Crippen molar-refractivity contribution < 1.29 is 9.53 Å². The Kier molecular flexibility index (Phi) is 5.07. The lowest BCUT2D eigenvalue weighted by atomic mass is 9.85. The van der Waals surface area contributed by atoms with E-state index in [9.17, 15) is 4.79 Å². The molecule has 0 radical (unpaired) electrons. The Morgan fingerprint density at radius 3 is 2.62 bits per heavy atom. The van der Waals surface area contributed by atoms with Gasteiger partial charge in [-0.2, -0.15) is 0 Å². The van der Waals surface area contributed by atoms with E-state index in [1.807, 2.05) is 18.2 Å². The van der Waals surface area contributed by atoms with E-state index in [1.54, 1.807) is 0 Å². The van der Waals surface area contributed by atoms with E-state index in [4.69, 9.17) is 9.73 Å². The highest BCUT2D eigenvalue weighted by molar-refractivity contribution is 5.85. The van der Waals surface area contributed by atoms with Crippen LogP contribution in [0.4, 0.5) is 0 Å². The highest BCUT2D eigenvalue weighted by Crippen LogP contribution is 2.33. The van der Waals surface area contributed by atoms with Crippen LogP contribution in [0.15, 0.2) is 35.3 Å². The van der Waals surface area contributed by atoms with E-state index in [0.29, 0.717) is 0 Å². The van der Waals surface area contributed by atoms with Gasteiger partial charge in [-0.15, -0.1) is 0 Å². The molecule has 0 bridgehead atoms. The average molecular weight is 329 g/mol. The molecule has 1 N–H and O–H groups in total. The molecule has 1 saturated carbocycles. The lowest BCUT2D eigenvalue weighted by Crippen LogP contribution is -2.60. The van der Waals surface area contributed by atoms with Crippen molar-refractivity contribution in [3.63, 3.8) is 0 Å². The minimum atomic E-state index is -0.266. The monoisotopic (exact) mass is 329 g/mol. The first-order valence-corrected chi connectivity index (χ1v) is 8.86. The van der Waals surface area contributed by atoms with Crippen molar-refractivity contribution in [3.8, 4) is 0 Å². The molecule has 1 heterocycles. The molecular formula is C19H27N3O2. The molecule has 2 fully saturated rings. The zero-order valence-electron chi connectivity index (χ0n) is 14.7. The molecule has 1 aliphatic heterocycles. The minimum Gasteiger partial charge on any atom is -0.469 e. The molecule has 3 rings (SSSR count). The Labute approximate surface area is 144 Å². The van der Waals surface area contributed by atoms with Gasteiger partial charge in [-0.3, -0.25) is 9.79 Å². The van der Waals surface area contributed by atoms with Gasteiger partial charge in [-0.1, -0.05) is 30.3 Å². The number of methoxy groups -OCH3 is 1. The molecule has 3 atom stereocenters. The highest BCUT2D eigenvalue weighted by Gasteiger charge is 2.43. The SMILES string of the molecule is CCN1C(=NCC2CC2)NC(c2ccccc2)C(C(=O)OC)C1C. The van der Waals surface area contributed by atoms with Crippen molar-refractivity contribution in [1.29, 1.82) is 0 Å². The molecule has 0 spiro atoms. The fourth-order valence-corrected chi connectivity index (χ4v) is 3.49. The largest absolute Gasteiger partial charge is 0.469 e. The first-order chi connectivity index (χ1) is 11.7. The summed E-state index contributed by atoms with van der Waals surface area (Å²) in [7, 11) is 1.46. The van der Waals surface area contributed by atoms with Gasteiger partial charge in [0.25, 0.3) is 0 Å². The summed E-state index contributed by atoms with van der Waals surface area (Å²) in [4.78, 5) is 19.5. The Morgan fingerprint density at radius 1 is 1.33 bits per heavy atom. The molecule has 5 heteroatoms. The van der Waals surface area contributed by atoms with Crippen LogP contribution in [0.5, 0.6) is 0 Å². The van der Waals surface area contributed by atoms with Gasteiger partial charge < -0.3 is 15.0 Å². The molecule has 1 saturated heterocycles. The number of guanidine groups is 1. The first-order valence-electron chi connectivity index (χ1n) is 8.86. The van der Waals surface area contributed by atoms with Crippen LogP contribution >= 0.6 is 0 Å². The summed E-state index contributed by atoms with van der Waals surface area (Å²) < 4.78 is 5.10. The van der Waals surface area contributed by atoms with Crippen molar-refractivity contribution >= 4 is 11.9 Å². The molecule has 3 unspecified atom stereocenters. The molecule has 5 nitrogen and oxygen atoms in total. The molecule has 1 aromatic rings. The second kappa shape index (κ2) is 7.24. The second-order valence-corrected chi connectivity index (χ2v) is 6.72. The third-order valence-corrected chi connectivity index (χ3v) is 5.10. The maximum atomic E-state index is 12.5.